The van der Waals surface area contributed by atoms with Crippen LogP contribution in [0.5, 0.6) is 0 Å². The average molecular weight is 529 g/mol. The lowest BCUT2D eigenvalue weighted by atomic mass is 10.1. The van der Waals surface area contributed by atoms with Gasteiger partial charge in [0.2, 0.25) is 15.0 Å². The Labute approximate surface area is 215 Å². The molecule has 3 heterocycles. The van der Waals surface area contributed by atoms with Gasteiger partial charge in [-0.25, -0.2) is 28.0 Å². The highest BCUT2D eigenvalue weighted by Gasteiger charge is 2.35. The van der Waals surface area contributed by atoms with Crippen LogP contribution in [0.2, 0.25) is 0 Å². The van der Waals surface area contributed by atoms with Crippen LogP contribution in [-0.2, 0) is 34.1 Å². The Balaban J connectivity index is 1.60. The number of nitriles is 1. The number of sulfone groups is 1. The maximum Gasteiger partial charge on any atom is 0.410 e. The van der Waals surface area contributed by atoms with Crippen LogP contribution in [0.15, 0.2) is 35.5 Å². The first-order valence-electron chi connectivity index (χ1n) is 11.8. The maximum absolute atomic E-state index is 12.9. The maximum atomic E-state index is 12.9. The van der Waals surface area contributed by atoms with E-state index in [0.29, 0.717) is 36.5 Å². The van der Waals surface area contributed by atoms with Gasteiger partial charge in [0, 0.05) is 38.0 Å². The van der Waals surface area contributed by atoms with Crippen LogP contribution < -0.4 is 4.90 Å². The number of nitrogens with zero attached hydrogens (tertiary/aromatic N) is 6. The van der Waals surface area contributed by atoms with Gasteiger partial charge in [-0.2, -0.15) is 5.26 Å². The van der Waals surface area contributed by atoms with Crippen LogP contribution in [0.4, 0.5) is 15.4 Å². The molecule has 196 valence electrons. The Bertz CT molecular complexity index is 1310. The van der Waals surface area contributed by atoms with Crippen molar-refractivity contribution in [1.29, 1.82) is 5.26 Å². The summed E-state index contributed by atoms with van der Waals surface area (Å²) >= 11 is 0. The molecule has 37 heavy (non-hydrogen) atoms. The zero-order valence-electron chi connectivity index (χ0n) is 20.4. The van der Waals surface area contributed by atoms with Gasteiger partial charge in [0.25, 0.3) is 0 Å². The standard InChI is InChI=1S/C24H28N6O6S/c1-37(34,35)22-26-20-15-29(23(31)32)11-5-8-19(20)21(27-22)28-12-13-30(18(14-28)9-10-25)24(33)36-16-17-6-3-2-4-7-17/h2-4,6-7,18H,5,8-9,11-16H2,1H3,(H,31,32)/t18-/m0/s1. The molecule has 0 spiro atoms. The topological polar surface area (TPSA) is 157 Å². The first kappa shape index (κ1) is 26.2. The van der Waals surface area contributed by atoms with Gasteiger partial charge in [-0.1, -0.05) is 30.3 Å². The van der Waals surface area contributed by atoms with Crippen molar-refractivity contribution in [2.75, 3.05) is 37.3 Å². The molecule has 1 aromatic heterocycles. The zero-order valence-corrected chi connectivity index (χ0v) is 21.2. The number of ether oxygens (including phenoxy) is 1. The van der Waals surface area contributed by atoms with E-state index in [-0.39, 0.29) is 44.4 Å². The van der Waals surface area contributed by atoms with Crippen LogP contribution in [0, 0.1) is 11.3 Å². The molecule has 1 aromatic carbocycles. The highest BCUT2D eigenvalue weighted by molar-refractivity contribution is 7.90. The minimum Gasteiger partial charge on any atom is -0.465 e. The number of carboxylic acid groups (broad SMARTS) is 1. The fourth-order valence-corrected chi connectivity index (χ4v) is 5.08. The van der Waals surface area contributed by atoms with Crippen molar-refractivity contribution in [3.63, 3.8) is 0 Å². The van der Waals surface area contributed by atoms with Crippen molar-refractivity contribution in [1.82, 2.24) is 19.8 Å². The van der Waals surface area contributed by atoms with Gasteiger partial charge < -0.3 is 24.5 Å². The third kappa shape index (κ3) is 6.08. The molecular weight excluding hydrogens is 500 g/mol. The van der Waals surface area contributed by atoms with E-state index in [2.05, 4.69) is 16.0 Å². The smallest absolute Gasteiger partial charge is 0.410 e. The van der Waals surface area contributed by atoms with E-state index in [0.717, 1.165) is 11.8 Å². The molecule has 1 N–H and O–H groups in total. The molecule has 2 amide bonds. The molecule has 0 aliphatic carbocycles. The van der Waals surface area contributed by atoms with Gasteiger partial charge in [0.15, 0.2) is 0 Å². The molecule has 0 bridgehead atoms. The second-order valence-corrected chi connectivity index (χ2v) is 10.9. The Hall–Kier alpha value is -3.92. The molecule has 12 nitrogen and oxygen atoms in total. The highest BCUT2D eigenvalue weighted by atomic mass is 32.2. The molecule has 2 aromatic rings. The Morgan fingerprint density at radius 2 is 1.95 bits per heavy atom. The number of carbonyl (C=O) groups excluding carboxylic acids is 1. The molecule has 1 atom stereocenters. The van der Waals surface area contributed by atoms with Crippen LogP contribution in [0.1, 0.15) is 29.7 Å². The summed E-state index contributed by atoms with van der Waals surface area (Å²) in [4.78, 5) is 37.7. The van der Waals surface area contributed by atoms with E-state index in [9.17, 15) is 28.4 Å². The first-order chi connectivity index (χ1) is 17.7. The third-order valence-corrected chi connectivity index (χ3v) is 7.24. The number of hydrogen-bond acceptors (Lipinski definition) is 9. The molecule has 0 saturated carbocycles. The number of hydrogen-bond donors (Lipinski definition) is 1. The summed E-state index contributed by atoms with van der Waals surface area (Å²) in [6.07, 6.45) is 0.422. The lowest BCUT2D eigenvalue weighted by molar-refractivity contribution is 0.0767. The van der Waals surface area contributed by atoms with E-state index < -0.39 is 28.1 Å². The number of fused-ring (bicyclic) bond motifs is 1. The Kier molecular flexibility index (Phi) is 7.77. The number of piperazine rings is 1. The summed E-state index contributed by atoms with van der Waals surface area (Å²) in [5, 5.41) is 18.6. The lowest BCUT2D eigenvalue weighted by Crippen LogP contribution is -2.55. The van der Waals surface area contributed by atoms with Crippen LogP contribution >= 0.6 is 0 Å². The van der Waals surface area contributed by atoms with Crippen molar-refractivity contribution in [2.24, 2.45) is 0 Å². The molecule has 0 radical (unpaired) electrons. The normalized spacial score (nSPS) is 17.9. The summed E-state index contributed by atoms with van der Waals surface area (Å²) in [5.74, 6) is 0.401. The predicted molar refractivity (Wildman–Crippen MR) is 131 cm³/mol. The van der Waals surface area contributed by atoms with Crippen LogP contribution in [-0.4, -0.2) is 84.0 Å². The number of rotatable bonds is 5. The number of anilines is 1. The zero-order chi connectivity index (χ0) is 26.6. The predicted octanol–water partition coefficient (Wildman–Crippen LogP) is 2.05. The largest absolute Gasteiger partial charge is 0.465 e. The number of carbonyl (C=O) groups is 2. The minimum absolute atomic E-state index is 0.0455. The van der Waals surface area contributed by atoms with Gasteiger partial charge in [0.05, 0.1) is 30.8 Å². The monoisotopic (exact) mass is 528 g/mol. The minimum atomic E-state index is -3.78. The fraction of sp³-hybridized carbons (Fsp3) is 0.458. The van der Waals surface area contributed by atoms with Crippen molar-refractivity contribution >= 4 is 27.8 Å². The molecule has 4 rings (SSSR count). The highest BCUT2D eigenvalue weighted by Crippen LogP contribution is 2.30. The van der Waals surface area contributed by atoms with Gasteiger partial charge in [-0.15, -0.1) is 0 Å². The second-order valence-electron chi connectivity index (χ2n) is 9.03. The average Bonchev–Trinajstić information content (AvgIpc) is 3.10. The van der Waals surface area contributed by atoms with E-state index in [4.69, 9.17) is 4.74 Å². The van der Waals surface area contributed by atoms with E-state index in [1.807, 2.05) is 35.2 Å². The Morgan fingerprint density at radius 3 is 2.62 bits per heavy atom. The van der Waals surface area contributed by atoms with E-state index >= 15 is 0 Å². The van der Waals surface area contributed by atoms with Crippen LogP contribution in [0.3, 0.4) is 0 Å². The lowest BCUT2D eigenvalue weighted by Gasteiger charge is -2.41. The molecule has 1 fully saturated rings. The molecule has 13 heteroatoms. The summed E-state index contributed by atoms with van der Waals surface area (Å²) in [6.45, 7) is 1.17. The van der Waals surface area contributed by atoms with Gasteiger partial charge in [-0.05, 0) is 18.4 Å². The summed E-state index contributed by atoms with van der Waals surface area (Å²) in [6, 6.07) is 10.9. The van der Waals surface area contributed by atoms with Crippen molar-refractivity contribution < 1.29 is 27.9 Å². The second kappa shape index (κ2) is 11.0. The molecule has 2 aliphatic heterocycles. The van der Waals surface area contributed by atoms with Gasteiger partial charge in [-0.3, -0.25) is 0 Å². The van der Waals surface area contributed by atoms with Gasteiger partial charge >= 0.3 is 12.2 Å². The molecular formula is C24H28N6O6S. The number of benzene rings is 1. The van der Waals surface area contributed by atoms with Crippen molar-refractivity contribution in [3.8, 4) is 6.07 Å². The van der Waals surface area contributed by atoms with E-state index in [1.165, 1.54) is 9.80 Å². The molecule has 0 unspecified atom stereocenters. The Morgan fingerprint density at radius 1 is 1.19 bits per heavy atom. The summed E-state index contributed by atoms with van der Waals surface area (Å²) in [7, 11) is -3.78. The molecule has 1 saturated heterocycles. The van der Waals surface area contributed by atoms with Crippen molar-refractivity contribution in [3.05, 3.63) is 47.2 Å². The van der Waals surface area contributed by atoms with E-state index in [1.54, 1.807) is 0 Å². The first-order valence-corrected chi connectivity index (χ1v) is 13.7. The van der Waals surface area contributed by atoms with Crippen LogP contribution in [0.25, 0.3) is 0 Å². The summed E-state index contributed by atoms with van der Waals surface area (Å²) in [5.41, 5.74) is 1.89. The van der Waals surface area contributed by atoms with Crippen molar-refractivity contribution in [2.45, 2.75) is 43.6 Å². The number of amides is 2. The van der Waals surface area contributed by atoms with Gasteiger partial charge in [0.1, 0.15) is 12.4 Å². The third-order valence-electron chi connectivity index (χ3n) is 6.40. The fourth-order valence-electron chi connectivity index (χ4n) is 4.55. The SMILES string of the molecule is CS(=O)(=O)c1nc2c(c(N3CCN(C(=O)OCc4ccccc4)[C@@H](CC#N)C3)n1)CCCN(C(=O)O)C2. The summed E-state index contributed by atoms with van der Waals surface area (Å²) < 4.78 is 30.2. The number of aromatic nitrogens is 2. The quantitative estimate of drug-likeness (QED) is 0.570. The molecule has 2 aliphatic rings.